The molecule has 0 aliphatic heterocycles. The lowest BCUT2D eigenvalue weighted by molar-refractivity contribution is 0.0776. The number of hydrogen-bond acceptors (Lipinski definition) is 4. The molecule has 0 spiro atoms. The van der Waals surface area contributed by atoms with Crippen LogP contribution in [0.25, 0.3) is 0 Å². The van der Waals surface area contributed by atoms with Crippen LogP contribution in [0.1, 0.15) is 75.0 Å². The maximum absolute atomic E-state index is 12.9. The van der Waals surface area contributed by atoms with Gasteiger partial charge in [-0.15, -0.1) is 0 Å². The molecular formula is C22H39N3O2. The number of aryl methyl sites for hydroxylation is 1. The van der Waals surface area contributed by atoms with Gasteiger partial charge in [0, 0.05) is 19.2 Å². The number of rotatable bonds is 9. The summed E-state index contributed by atoms with van der Waals surface area (Å²) in [4.78, 5) is 18.7. The number of nitrogens with zero attached hydrogens (tertiary/aromatic N) is 2. The quantitative estimate of drug-likeness (QED) is 0.623. The summed E-state index contributed by atoms with van der Waals surface area (Å²) in [5.41, 5.74) is 2.71. The van der Waals surface area contributed by atoms with Crippen molar-refractivity contribution in [3.05, 3.63) is 28.8 Å². The van der Waals surface area contributed by atoms with E-state index >= 15 is 0 Å². The summed E-state index contributed by atoms with van der Waals surface area (Å²) < 4.78 is 0. The van der Waals surface area contributed by atoms with Crippen LogP contribution in [0.5, 0.6) is 0 Å². The molecule has 0 aliphatic rings. The Bertz CT molecular complexity index is 610. The Labute approximate surface area is 165 Å². The first-order chi connectivity index (χ1) is 12.6. The largest absolute Gasteiger partial charge is 0.389 e. The maximum atomic E-state index is 12.9. The van der Waals surface area contributed by atoms with Crippen LogP contribution in [0.15, 0.2) is 17.1 Å². The number of aliphatic imine (C=N–C) groups is 1. The van der Waals surface area contributed by atoms with Crippen molar-refractivity contribution in [3.8, 4) is 0 Å². The lowest BCUT2D eigenvalue weighted by atomic mass is 9.85. The highest BCUT2D eigenvalue weighted by molar-refractivity contribution is 6.00. The number of hydrogen-bond donors (Lipinski definition) is 2. The van der Waals surface area contributed by atoms with Gasteiger partial charge in [0.1, 0.15) is 0 Å². The number of aliphatic hydroxyl groups is 1. The molecule has 0 aliphatic carbocycles. The van der Waals surface area contributed by atoms with Crippen molar-refractivity contribution in [1.29, 1.82) is 0 Å². The van der Waals surface area contributed by atoms with E-state index in [1.165, 1.54) is 0 Å². The SMILES string of the molecule is C=Nc1c(C(=O)N(C)CCC(C)(C)CCNC)cc(C)cc1C(C)O.CC. The van der Waals surface area contributed by atoms with E-state index in [0.29, 0.717) is 23.4 Å². The second kappa shape index (κ2) is 11.9. The van der Waals surface area contributed by atoms with Crippen molar-refractivity contribution >= 4 is 18.3 Å². The molecule has 0 saturated carbocycles. The normalized spacial score (nSPS) is 12.0. The fourth-order valence-electron chi connectivity index (χ4n) is 2.83. The molecule has 1 aromatic carbocycles. The molecule has 0 radical (unpaired) electrons. The van der Waals surface area contributed by atoms with E-state index < -0.39 is 6.10 Å². The Morgan fingerprint density at radius 3 is 2.41 bits per heavy atom. The van der Waals surface area contributed by atoms with Gasteiger partial charge in [0.15, 0.2) is 0 Å². The van der Waals surface area contributed by atoms with Gasteiger partial charge in [-0.25, -0.2) is 0 Å². The third-order valence-electron chi connectivity index (χ3n) is 4.64. The van der Waals surface area contributed by atoms with Crippen molar-refractivity contribution in [2.45, 2.75) is 60.5 Å². The number of benzene rings is 1. The van der Waals surface area contributed by atoms with Gasteiger partial charge in [-0.05, 0) is 64.0 Å². The topological polar surface area (TPSA) is 64.9 Å². The fourth-order valence-corrected chi connectivity index (χ4v) is 2.83. The smallest absolute Gasteiger partial charge is 0.255 e. The van der Waals surface area contributed by atoms with Crippen molar-refractivity contribution in [2.75, 3.05) is 27.2 Å². The summed E-state index contributed by atoms with van der Waals surface area (Å²) in [6.45, 7) is 17.2. The molecule has 0 fully saturated rings. The van der Waals surface area contributed by atoms with E-state index in [2.05, 4.69) is 30.9 Å². The van der Waals surface area contributed by atoms with Gasteiger partial charge in [-0.3, -0.25) is 9.79 Å². The minimum absolute atomic E-state index is 0.0857. The van der Waals surface area contributed by atoms with Crippen LogP contribution in [-0.2, 0) is 0 Å². The Morgan fingerprint density at radius 1 is 1.33 bits per heavy atom. The molecule has 1 aromatic rings. The highest BCUT2D eigenvalue weighted by Crippen LogP contribution is 2.32. The molecule has 5 heteroatoms. The molecule has 27 heavy (non-hydrogen) atoms. The summed E-state index contributed by atoms with van der Waals surface area (Å²) in [5.74, 6) is -0.0857. The van der Waals surface area contributed by atoms with Gasteiger partial charge in [0.05, 0.1) is 17.4 Å². The van der Waals surface area contributed by atoms with Gasteiger partial charge >= 0.3 is 0 Å². The Hall–Kier alpha value is -1.72. The third-order valence-corrected chi connectivity index (χ3v) is 4.64. The van der Waals surface area contributed by atoms with Gasteiger partial charge in [-0.1, -0.05) is 33.8 Å². The van der Waals surface area contributed by atoms with Crippen LogP contribution in [0.2, 0.25) is 0 Å². The predicted molar refractivity (Wildman–Crippen MR) is 116 cm³/mol. The van der Waals surface area contributed by atoms with Crippen molar-refractivity contribution < 1.29 is 9.90 Å². The van der Waals surface area contributed by atoms with E-state index in [0.717, 1.165) is 24.9 Å². The van der Waals surface area contributed by atoms with E-state index in [1.807, 2.05) is 47.0 Å². The third kappa shape index (κ3) is 7.81. The maximum Gasteiger partial charge on any atom is 0.255 e. The second-order valence-electron chi connectivity index (χ2n) is 7.58. The first kappa shape index (κ1) is 25.3. The Balaban J connectivity index is 0.00000326. The van der Waals surface area contributed by atoms with Crippen LogP contribution in [-0.4, -0.2) is 49.8 Å². The summed E-state index contributed by atoms with van der Waals surface area (Å²) in [7, 11) is 3.76. The number of carbonyl (C=O) groups excluding carboxylic acids is 1. The van der Waals surface area contributed by atoms with E-state index in [4.69, 9.17) is 0 Å². The lowest BCUT2D eigenvalue weighted by Crippen LogP contribution is -2.31. The molecule has 154 valence electrons. The highest BCUT2D eigenvalue weighted by atomic mass is 16.3. The molecule has 0 heterocycles. The zero-order valence-corrected chi connectivity index (χ0v) is 18.5. The summed E-state index contributed by atoms with van der Waals surface area (Å²) in [6, 6.07) is 3.67. The van der Waals surface area contributed by atoms with Crippen LogP contribution in [0, 0.1) is 12.3 Å². The first-order valence-electron chi connectivity index (χ1n) is 9.82. The van der Waals surface area contributed by atoms with Gasteiger partial charge in [-0.2, -0.15) is 0 Å². The lowest BCUT2D eigenvalue weighted by Gasteiger charge is -2.28. The van der Waals surface area contributed by atoms with E-state index in [1.54, 1.807) is 11.8 Å². The van der Waals surface area contributed by atoms with Crippen LogP contribution in [0.4, 0.5) is 5.69 Å². The summed E-state index contributed by atoms with van der Waals surface area (Å²) in [6.07, 6.45) is 1.28. The number of carbonyl (C=O) groups is 1. The average molecular weight is 378 g/mol. The molecule has 1 atom stereocenters. The zero-order valence-electron chi connectivity index (χ0n) is 18.5. The summed E-state index contributed by atoms with van der Waals surface area (Å²) >= 11 is 0. The minimum Gasteiger partial charge on any atom is -0.389 e. The van der Waals surface area contributed by atoms with Crippen molar-refractivity contribution in [1.82, 2.24) is 10.2 Å². The molecule has 1 amide bonds. The second-order valence-corrected chi connectivity index (χ2v) is 7.58. The predicted octanol–water partition coefficient (Wildman–Crippen LogP) is 4.50. The molecule has 0 bridgehead atoms. The van der Waals surface area contributed by atoms with Crippen LogP contribution >= 0.6 is 0 Å². The molecular weight excluding hydrogens is 338 g/mol. The molecule has 1 rings (SSSR count). The molecule has 5 nitrogen and oxygen atoms in total. The van der Waals surface area contributed by atoms with Crippen LogP contribution in [0.3, 0.4) is 0 Å². The molecule has 1 unspecified atom stereocenters. The minimum atomic E-state index is -0.697. The number of amides is 1. The van der Waals surface area contributed by atoms with Gasteiger partial charge in [0.2, 0.25) is 0 Å². The van der Waals surface area contributed by atoms with Crippen molar-refractivity contribution in [2.24, 2.45) is 10.4 Å². The average Bonchev–Trinajstić information content (AvgIpc) is 2.64. The number of nitrogens with one attached hydrogen (secondary N) is 1. The molecule has 2 N–H and O–H groups in total. The van der Waals surface area contributed by atoms with Gasteiger partial charge in [0.25, 0.3) is 5.91 Å². The van der Waals surface area contributed by atoms with Crippen molar-refractivity contribution in [3.63, 3.8) is 0 Å². The molecule has 0 aromatic heterocycles. The Morgan fingerprint density at radius 2 is 1.93 bits per heavy atom. The monoisotopic (exact) mass is 377 g/mol. The van der Waals surface area contributed by atoms with Crippen LogP contribution < -0.4 is 5.32 Å². The Kier molecular flexibility index (Phi) is 11.1. The fraction of sp³-hybridized carbons (Fsp3) is 0.636. The van der Waals surface area contributed by atoms with Gasteiger partial charge < -0.3 is 15.3 Å². The standard InChI is InChI=1S/C20H33N3O2.C2H6/c1-14-12-16(15(2)24)18(22-6)17(13-14)19(25)23(7)11-9-20(3,4)8-10-21-5;1-2/h12-13,15,21,24H,6,8-11H2,1-5,7H3;1-2H3. The van der Waals surface area contributed by atoms with E-state index in [9.17, 15) is 9.90 Å². The zero-order chi connectivity index (χ0) is 21.2. The summed E-state index contributed by atoms with van der Waals surface area (Å²) in [5, 5.41) is 13.2. The molecule has 0 saturated heterocycles. The first-order valence-corrected chi connectivity index (χ1v) is 9.82. The number of aliphatic hydroxyl groups excluding tert-OH is 1. The van der Waals surface area contributed by atoms with E-state index in [-0.39, 0.29) is 11.3 Å². The highest BCUT2D eigenvalue weighted by Gasteiger charge is 2.23.